The molecule has 7 nitrogen and oxygen atoms in total. The molecule has 0 unspecified atom stereocenters. The van der Waals surface area contributed by atoms with E-state index in [0.717, 1.165) is 55.3 Å². The first-order valence-corrected chi connectivity index (χ1v) is 10.9. The van der Waals surface area contributed by atoms with Gasteiger partial charge in [0.1, 0.15) is 11.4 Å². The van der Waals surface area contributed by atoms with Gasteiger partial charge in [0.05, 0.1) is 11.7 Å². The van der Waals surface area contributed by atoms with Gasteiger partial charge in [0.15, 0.2) is 0 Å². The quantitative estimate of drug-likeness (QED) is 0.826. The third-order valence-corrected chi connectivity index (χ3v) is 7.14. The largest absolute Gasteiger partial charge is 0.335 e. The number of thiophene rings is 1. The Morgan fingerprint density at radius 2 is 2.00 bits per heavy atom. The number of rotatable bonds is 3. The van der Waals surface area contributed by atoms with E-state index in [9.17, 15) is 14.4 Å². The Hall–Kier alpha value is -2.22. The molecule has 2 N–H and O–H groups in total. The minimum absolute atomic E-state index is 0.0969. The van der Waals surface area contributed by atoms with Gasteiger partial charge in [-0.2, -0.15) is 0 Å². The van der Waals surface area contributed by atoms with Gasteiger partial charge >= 0.3 is 6.03 Å². The van der Waals surface area contributed by atoms with Crippen molar-refractivity contribution in [3.8, 4) is 0 Å². The number of fused-ring (bicyclic) bond motifs is 3. The molecule has 0 bridgehead atoms. The summed E-state index contributed by atoms with van der Waals surface area (Å²) in [5.41, 5.74) is 0.906. The summed E-state index contributed by atoms with van der Waals surface area (Å²) < 4.78 is 1.30. The summed E-state index contributed by atoms with van der Waals surface area (Å²) in [6, 6.07) is -0.390. The maximum Gasteiger partial charge on any atom is 0.321 e. The second-order valence-electron chi connectivity index (χ2n) is 7.96. The number of hydrogen-bond donors (Lipinski definition) is 2. The van der Waals surface area contributed by atoms with Crippen LogP contribution in [0.15, 0.2) is 11.1 Å². The normalized spacial score (nSPS) is 21.9. The summed E-state index contributed by atoms with van der Waals surface area (Å²) in [6.45, 7) is 1.91. The van der Waals surface area contributed by atoms with Crippen molar-refractivity contribution >= 4 is 33.5 Å². The van der Waals surface area contributed by atoms with Gasteiger partial charge in [0, 0.05) is 10.9 Å². The Labute approximate surface area is 167 Å². The highest BCUT2D eigenvalue weighted by Gasteiger charge is 2.24. The average molecular weight is 403 g/mol. The fourth-order valence-electron chi connectivity index (χ4n) is 4.35. The average Bonchev–Trinajstić information content (AvgIpc) is 3.05. The Bertz CT molecular complexity index is 964. The van der Waals surface area contributed by atoms with Crippen LogP contribution in [-0.4, -0.2) is 27.5 Å². The lowest BCUT2D eigenvalue weighted by Crippen LogP contribution is -2.48. The number of nitrogens with one attached hydrogen (secondary N) is 2. The van der Waals surface area contributed by atoms with Crippen LogP contribution >= 0.6 is 11.3 Å². The number of carbonyl (C=O) groups is 2. The highest BCUT2D eigenvalue weighted by molar-refractivity contribution is 7.18. The number of aryl methyl sites for hydroxylation is 2. The third-order valence-electron chi connectivity index (χ3n) is 5.94. The Morgan fingerprint density at radius 3 is 2.82 bits per heavy atom. The SMILES string of the molecule is C[C@@H]1CCCC[C@@H]1NC(=O)NC(=O)Cn1cnc2sc3c(c2c1=O)CCCC3. The molecule has 2 aliphatic carbocycles. The summed E-state index contributed by atoms with van der Waals surface area (Å²) in [4.78, 5) is 43.7. The topological polar surface area (TPSA) is 93.1 Å². The molecule has 150 valence electrons. The molecule has 2 aliphatic rings. The summed E-state index contributed by atoms with van der Waals surface area (Å²) in [5.74, 6) is -0.0955. The zero-order valence-electron chi connectivity index (χ0n) is 16.1. The van der Waals surface area contributed by atoms with Gasteiger partial charge in [-0.3, -0.25) is 19.5 Å². The number of imide groups is 1. The van der Waals surface area contributed by atoms with Gasteiger partial charge in [-0.25, -0.2) is 9.78 Å². The van der Waals surface area contributed by atoms with Crippen molar-refractivity contribution in [3.63, 3.8) is 0 Å². The predicted molar refractivity (Wildman–Crippen MR) is 109 cm³/mol. The van der Waals surface area contributed by atoms with Gasteiger partial charge in [0.2, 0.25) is 5.91 Å². The summed E-state index contributed by atoms with van der Waals surface area (Å²) in [6.07, 6.45) is 9.82. The molecular weight excluding hydrogens is 376 g/mol. The van der Waals surface area contributed by atoms with Crippen LogP contribution in [0.3, 0.4) is 0 Å². The fourth-order valence-corrected chi connectivity index (χ4v) is 5.57. The second-order valence-corrected chi connectivity index (χ2v) is 9.04. The van der Waals surface area contributed by atoms with Gasteiger partial charge in [-0.1, -0.05) is 19.8 Å². The van der Waals surface area contributed by atoms with E-state index in [0.29, 0.717) is 11.3 Å². The molecule has 8 heteroatoms. The highest BCUT2D eigenvalue weighted by Crippen LogP contribution is 2.33. The molecule has 0 saturated heterocycles. The summed E-state index contributed by atoms with van der Waals surface area (Å²) >= 11 is 1.58. The first kappa shape index (κ1) is 19.1. The number of urea groups is 1. The molecule has 4 rings (SSSR count). The lowest BCUT2D eigenvalue weighted by molar-refractivity contribution is -0.120. The van der Waals surface area contributed by atoms with E-state index >= 15 is 0 Å². The van der Waals surface area contributed by atoms with E-state index in [2.05, 4.69) is 22.5 Å². The van der Waals surface area contributed by atoms with Crippen molar-refractivity contribution in [2.45, 2.75) is 70.9 Å². The van der Waals surface area contributed by atoms with Crippen LogP contribution in [0.1, 0.15) is 55.9 Å². The number of aromatic nitrogens is 2. The first-order chi connectivity index (χ1) is 13.5. The van der Waals surface area contributed by atoms with Crippen molar-refractivity contribution in [3.05, 3.63) is 27.1 Å². The van der Waals surface area contributed by atoms with Crippen LogP contribution in [-0.2, 0) is 24.2 Å². The molecule has 0 aromatic carbocycles. The molecule has 0 radical (unpaired) electrons. The lowest BCUT2D eigenvalue weighted by Gasteiger charge is -2.29. The molecule has 2 aromatic rings. The zero-order valence-corrected chi connectivity index (χ0v) is 16.9. The van der Waals surface area contributed by atoms with E-state index < -0.39 is 11.9 Å². The maximum atomic E-state index is 12.9. The minimum Gasteiger partial charge on any atom is -0.335 e. The van der Waals surface area contributed by atoms with Crippen molar-refractivity contribution in [1.82, 2.24) is 20.2 Å². The minimum atomic E-state index is -0.506. The maximum absolute atomic E-state index is 12.9. The predicted octanol–water partition coefficient (Wildman–Crippen LogP) is 2.74. The standard InChI is InChI=1S/C20H26N4O3S/c1-12-6-2-4-8-14(12)22-20(27)23-16(25)10-24-11-21-18-17(19(24)26)13-7-3-5-9-15(13)28-18/h11-12,14H,2-10H2,1H3,(H2,22,23,25,27)/t12-,14+/m1/s1. The molecule has 2 aromatic heterocycles. The third kappa shape index (κ3) is 3.83. The van der Waals surface area contributed by atoms with Crippen molar-refractivity contribution in [2.75, 3.05) is 0 Å². The van der Waals surface area contributed by atoms with Gasteiger partial charge < -0.3 is 5.32 Å². The summed E-state index contributed by atoms with van der Waals surface area (Å²) in [7, 11) is 0. The van der Waals surface area contributed by atoms with Crippen LogP contribution in [0.25, 0.3) is 10.2 Å². The molecule has 1 fully saturated rings. The van der Waals surface area contributed by atoms with Gasteiger partial charge in [-0.05, 0) is 50.0 Å². The molecule has 1 saturated carbocycles. The summed E-state index contributed by atoms with van der Waals surface area (Å²) in [5, 5.41) is 5.90. The van der Waals surface area contributed by atoms with E-state index in [1.807, 2.05) is 0 Å². The van der Waals surface area contributed by atoms with E-state index in [1.165, 1.54) is 22.2 Å². The molecule has 0 aliphatic heterocycles. The first-order valence-electron chi connectivity index (χ1n) is 10.1. The highest BCUT2D eigenvalue weighted by atomic mass is 32.1. The van der Waals surface area contributed by atoms with E-state index in [1.54, 1.807) is 11.3 Å². The lowest BCUT2D eigenvalue weighted by atomic mass is 9.86. The smallest absolute Gasteiger partial charge is 0.321 e. The van der Waals surface area contributed by atoms with Crippen LogP contribution in [0, 0.1) is 5.92 Å². The monoisotopic (exact) mass is 402 g/mol. The van der Waals surface area contributed by atoms with E-state index in [4.69, 9.17) is 0 Å². The van der Waals surface area contributed by atoms with Crippen molar-refractivity contribution in [1.29, 1.82) is 0 Å². The molecule has 3 amide bonds. The van der Waals surface area contributed by atoms with Crippen LogP contribution in [0.5, 0.6) is 0 Å². The molecule has 2 atom stereocenters. The Morgan fingerprint density at radius 1 is 1.21 bits per heavy atom. The van der Waals surface area contributed by atoms with Crippen LogP contribution < -0.4 is 16.2 Å². The molecule has 2 heterocycles. The van der Waals surface area contributed by atoms with Crippen molar-refractivity contribution in [2.24, 2.45) is 5.92 Å². The molecule has 28 heavy (non-hydrogen) atoms. The number of amides is 3. The second kappa shape index (κ2) is 8.03. The van der Waals surface area contributed by atoms with Gasteiger partial charge in [-0.15, -0.1) is 11.3 Å². The number of hydrogen-bond acceptors (Lipinski definition) is 5. The van der Waals surface area contributed by atoms with Crippen LogP contribution in [0.2, 0.25) is 0 Å². The van der Waals surface area contributed by atoms with Crippen molar-refractivity contribution < 1.29 is 9.59 Å². The number of carbonyl (C=O) groups excluding carboxylic acids is 2. The molecular formula is C20H26N4O3S. The van der Waals surface area contributed by atoms with Crippen LogP contribution in [0.4, 0.5) is 4.79 Å². The molecule has 0 spiro atoms. The van der Waals surface area contributed by atoms with E-state index in [-0.39, 0.29) is 18.1 Å². The zero-order chi connectivity index (χ0) is 19.7. The fraction of sp³-hybridized carbons (Fsp3) is 0.600. The van der Waals surface area contributed by atoms with Gasteiger partial charge in [0.25, 0.3) is 5.56 Å². The Kier molecular flexibility index (Phi) is 5.48. The number of nitrogens with zero attached hydrogens (tertiary/aromatic N) is 2. The Balaban J connectivity index is 1.44.